The molecule has 1 rings (SSSR count). The molecule has 0 saturated carbocycles. The van der Waals surface area contributed by atoms with Crippen molar-refractivity contribution in [3.05, 3.63) is 0 Å². The van der Waals surface area contributed by atoms with Gasteiger partial charge < -0.3 is 15.1 Å². The smallest absolute Gasteiger partial charge is 0.303 e. The molecule has 3 unspecified atom stereocenters. The van der Waals surface area contributed by atoms with E-state index in [0.717, 1.165) is 64.3 Å². The van der Waals surface area contributed by atoms with Crippen LogP contribution in [0.25, 0.3) is 0 Å². The predicted octanol–water partition coefficient (Wildman–Crippen LogP) is 3.84. The first-order valence-corrected chi connectivity index (χ1v) is 10.1. The molecule has 0 radical (unpaired) electrons. The zero-order valence-corrected chi connectivity index (χ0v) is 16.1. The van der Waals surface area contributed by atoms with Gasteiger partial charge in [-0.2, -0.15) is 0 Å². The van der Waals surface area contributed by atoms with Crippen molar-refractivity contribution in [2.75, 3.05) is 13.6 Å². The summed E-state index contributed by atoms with van der Waals surface area (Å²) in [6.07, 6.45) is 10.5. The Balaban J connectivity index is 2.29. The third kappa shape index (κ3) is 8.70. The highest BCUT2D eigenvalue weighted by molar-refractivity contribution is 5.81. The van der Waals surface area contributed by atoms with Gasteiger partial charge in [-0.05, 0) is 38.0 Å². The number of rotatable bonds is 14. The van der Waals surface area contributed by atoms with Crippen LogP contribution < -0.4 is 0 Å². The van der Waals surface area contributed by atoms with Gasteiger partial charge in [-0.15, -0.1) is 0 Å². The highest BCUT2D eigenvalue weighted by atomic mass is 16.4. The molecule has 25 heavy (non-hydrogen) atoms. The van der Waals surface area contributed by atoms with Gasteiger partial charge in [-0.3, -0.25) is 9.59 Å². The number of carbonyl (C=O) groups is 2. The number of aliphatic hydroxyl groups is 1. The Labute approximate surface area is 152 Å². The average Bonchev–Trinajstić information content (AvgIpc) is 2.83. The summed E-state index contributed by atoms with van der Waals surface area (Å²) in [5.74, 6) is -0.0363. The van der Waals surface area contributed by atoms with Crippen LogP contribution in [0.3, 0.4) is 0 Å². The number of nitrogens with zero attached hydrogens (tertiary/aromatic N) is 1. The highest BCUT2D eigenvalue weighted by Crippen LogP contribution is 2.32. The van der Waals surface area contributed by atoms with Crippen molar-refractivity contribution in [1.29, 1.82) is 0 Å². The maximum atomic E-state index is 12.4. The summed E-state index contributed by atoms with van der Waals surface area (Å²) < 4.78 is 0. The van der Waals surface area contributed by atoms with Gasteiger partial charge in [-0.1, -0.05) is 45.4 Å². The number of hydrogen-bond donors (Lipinski definition) is 2. The van der Waals surface area contributed by atoms with E-state index in [-0.39, 0.29) is 24.3 Å². The van der Waals surface area contributed by atoms with Crippen LogP contribution in [0.1, 0.15) is 84.0 Å². The standard InChI is InChI=1S/C20H37NO4/c1-3-4-7-10-17(22)14-13-16-15-21(2)20(25)18(16)11-8-5-6-9-12-19(23)24/h16-18,22H,3-15H2,1-2H3,(H,23,24). The summed E-state index contributed by atoms with van der Waals surface area (Å²) in [4.78, 5) is 24.7. The average molecular weight is 356 g/mol. The lowest BCUT2D eigenvalue weighted by Gasteiger charge is -2.18. The Hall–Kier alpha value is -1.10. The monoisotopic (exact) mass is 355 g/mol. The summed E-state index contributed by atoms with van der Waals surface area (Å²) in [6, 6.07) is 0. The third-order valence-corrected chi connectivity index (χ3v) is 5.44. The minimum atomic E-state index is -0.731. The number of aliphatic carboxylic acids is 1. The normalized spacial score (nSPS) is 21.7. The number of carboxylic acids is 1. The zero-order valence-electron chi connectivity index (χ0n) is 16.1. The minimum Gasteiger partial charge on any atom is -0.481 e. The molecular formula is C20H37NO4. The predicted molar refractivity (Wildman–Crippen MR) is 99.3 cm³/mol. The van der Waals surface area contributed by atoms with E-state index < -0.39 is 5.97 Å². The van der Waals surface area contributed by atoms with Crippen LogP contribution in [-0.4, -0.2) is 46.7 Å². The highest BCUT2D eigenvalue weighted by Gasteiger charge is 2.37. The summed E-state index contributed by atoms with van der Waals surface area (Å²) in [5, 5.41) is 18.8. The molecule has 3 atom stereocenters. The molecule has 1 heterocycles. The molecule has 5 heteroatoms. The second-order valence-electron chi connectivity index (χ2n) is 7.66. The van der Waals surface area contributed by atoms with E-state index in [1.165, 1.54) is 12.8 Å². The van der Waals surface area contributed by atoms with E-state index in [4.69, 9.17) is 5.11 Å². The van der Waals surface area contributed by atoms with Crippen LogP contribution in [0.2, 0.25) is 0 Å². The van der Waals surface area contributed by atoms with Gasteiger partial charge >= 0.3 is 5.97 Å². The number of aliphatic hydroxyl groups excluding tert-OH is 1. The summed E-state index contributed by atoms with van der Waals surface area (Å²) in [5.41, 5.74) is 0. The number of unbranched alkanes of at least 4 members (excludes halogenated alkanes) is 5. The molecule has 2 N–H and O–H groups in total. The van der Waals surface area contributed by atoms with E-state index in [1.54, 1.807) is 0 Å². The lowest BCUT2D eigenvalue weighted by Crippen LogP contribution is -2.22. The molecule has 1 aliphatic rings. The molecule has 1 aliphatic heterocycles. The van der Waals surface area contributed by atoms with Gasteiger partial charge in [0.1, 0.15) is 0 Å². The van der Waals surface area contributed by atoms with Crippen molar-refractivity contribution in [2.24, 2.45) is 11.8 Å². The van der Waals surface area contributed by atoms with E-state index in [1.807, 2.05) is 11.9 Å². The van der Waals surface area contributed by atoms with Gasteiger partial charge in [0.25, 0.3) is 0 Å². The van der Waals surface area contributed by atoms with Crippen LogP contribution in [0.5, 0.6) is 0 Å². The van der Waals surface area contributed by atoms with Crippen LogP contribution in [0.4, 0.5) is 0 Å². The molecule has 0 aromatic rings. The second-order valence-corrected chi connectivity index (χ2v) is 7.66. The van der Waals surface area contributed by atoms with E-state index in [0.29, 0.717) is 5.92 Å². The van der Waals surface area contributed by atoms with Crippen LogP contribution in [0.15, 0.2) is 0 Å². The first-order valence-electron chi connectivity index (χ1n) is 10.1. The molecular weight excluding hydrogens is 318 g/mol. The van der Waals surface area contributed by atoms with Gasteiger partial charge in [0.2, 0.25) is 5.91 Å². The van der Waals surface area contributed by atoms with Crippen LogP contribution >= 0.6 is 0 Å². The third-order valence-electron chi connectivity index (χ3n) is 5.44. The summed E-state index contributed by atoms with van der Waals surface area (Å²) >= 11 is 0. The molecule has 0 bridgehead atoms. The van der Waals surface area contributed by atoms with Crippen LogP contribution in [0, 0.1) is 11.8 Å². The zero-order chi connectivity index (χ0) is 18.7. The number of carboxylic acid groups (broad SMARTS) is 1. The van der Waals surface area contributed by atoms with Crippen molar-refractivity contribution >= 4 is 11.9 Å². The van der Waals surface area contributed by atoms with Gasteiger partial charge in [0, 0.05) is 25.9 Å². The molecule has 146 valence electrons. The lowest BCUT2D eigenvalue weighted by molar-refractivity contribution is -0.137. The molecule has 0 spiro atoms. The molecule has 0 aromatic carbocycles. The topological polar surface area (TPSA) is 77.8 Å². The van der Waals surface area contributed by atoms with Crippen molar-refractivity contribution in [2.45, 2.75) is 90.1 Å². The second kappa shape index (κ2) is 12.3. The van der Waals surface area contributed by atoms with E-state index in [2.05, 4.69) is 6.92 Å². The fourth-order valence-corrected chi connectivity index (χ4v) is 3.88. The quantitative estimate of drug-likeness (QED) is 0.464. The number of carbonyl (C=O) groups excluding carboxylic acids is 1. The fraction of sp³-hybridized carbons (Fsp3) is 0.900. The van der Waals surface area contributed by atoms with Crippen molar-refractivity contribution in [3.63, 3.8) is 0 Å². The molecule has 5 nitrogen and oxygen atoms in total. The van der Waals surface area contributed by atoms with Gasteiger partial charge in [0.15, 0.2) is 0 Å². The van der Waals surface area contributed by atoms with Crippen LogP contribution in [-0.2, 0) is 9.59 Å². The van der Waals surface area contributed by atoms with Crippen molar-refractivity contribution in [3.8, 4) is 0 Å². The minimum absolute atomic E-state index is 0.0901. The summed E-state index contributed by atoms with van der Waals surface area (Å²) in [6.45, 7) is 2.98. The number of hydrogen-bond acceptors (Lipinski definition) is 3. The van der Waals surface area contributed by atoms with Gasteiger partial charge in [-0.25, -0.2) is 0 Å². The largest absolute Gasteiger partial charge is 0.481 e. The maximum Gasteiger partial charge on any atom is 0.303 e. The molecule has 1 amide bonds. The first kappa shape index (κ1) is 21.9. The van der Waals surface area contributed by atoms with E-state index in [9.17, 15) is 14.7 Å². The molecule has 0 aliphatic carbocycles. The Morgan fingerprint density at radius 1 is 1.12 bits per heavy atom. The molecule has 1 fully saturated rings. The number of likely N-dealkylation sites (tertiary alicyclic amines) is 1. The SMILES string of the molecule is CCCCCC(O)CCC1CN(C)C(=O)C1CCCCCCC(=O)O. The number of amides is 1. The molecule has 1 saturated heterocycles. The van der Waals surface area contributed by atoms with E-state index >= 15 is 0 Å². The molecule has 0 aromatic heterocycles. The summed E-state index contributed by atoms with van der Waals surface area (Å²) in [7, 11) is 1.87. The first-order chi connectivity index (χ1) is 12.0. The van der Waals surface area contributed by atoms with Crippen molar-refractivity contribution < 1.29 is 19.8 Å². The Kier molecular flexibility index (Phi) is 10.8. The Morgan fingerprint density at radius 3 is 2.52 bits per heavy atom. The van der Waals surface area contributed by atoms with Crippen molar-refractivity contribution in [1.82, 2.24) is 4.90 Å². The Bertz CT molecular complexity index is 399. The fourth-order valence-electron chi connectivity index (χ4n) is 3.88. The Morgan fingerprint density at radius 2 is 1.84 bits per heavy atom. The van der Waals surface area contributed by atoms with Gasteiger partial charge in [0.05, 0.1) is 6.10 Å². The maximum absolute atomic E-state index is 12.4. The lowest BCUT2D eigenvalue weighted by atomic mass is 9.86.